The second kappa shape index (κ2) is 8.28. The number of hydrogen-bond donors (Lipinski definition) is 2. The summed E-state index contributed by atoms with van der Waals surface area (Å²) in [4.78, 5) is 21.4. The Hall–Kier alpha value is -2.45. The molecule has 150 valence electrons. The normalized spacial score (nSPS) is 23.6. The van der Waals surface area contributed by atoms with E-state index in [4.69, 9.17) is 4.52 Å². The number of carbonyl (C=O) groups is 1. The summed E-state index contributed by atoms with van der Waals surface area (Å²) in [6.07, 6.45) is 1.88. The van der Waals surface area contributed by atoms with Gasteiger partial charge in [0.1, 0.15) is 0 Å². The van der Waals surface area contributed by atoms with Crippen LogP contribution >= 0.6 is 0 Å². The first-order valence-corrected chi connectivity index (χ1v) is 9.97. The van der Waals surface area contributed by atoms with E-state index in [0.29, 0.717) is 12.4 Å². The highest BCUT2D eigenvalue weighted by Gasteiger charge is 2.31. The Morgan fingerprint density at radius 3 is 3.07 bits per heavy atom. The number of nitrogens with zero attached hydrogens (tertiary/aromatic N) is 4. The van der Waals surface area contributed by atoms with Crippen molar-refractivity contribution < 1.29 is 9.32 Å². The molecule has 3 heterocycles. The summed E-state index contributed by atoms with van der Waals surface area (Å²) in [6, 6.07) is 7.89. The molecule has 2 aliphatic heterocycles. The van der Waals surface area contributed by atoms with E-state index in [0.717, 1.165) is 56.1 Å². The Morgan fingerprint density at radius 2 is 2.25 bits per heavy atom. The molecule has 2 amide bonds. The molecule has 0 bridgehead atoms. The summed E-state index contributed by atoms with van der Waals surface area (Å²) in [5, 5.41) is 10.6. The number of carbonyl (C=O) groups excluding carboxylic acids is 1. The first-order chi connectivity index (χ1) is 13.6. The number of benzene rings is 1. The van der Waals surface area contributed by atoms with Crippen LogP contribution in [0.2, 0.25) is 0 Å². The number of piperidine rings is 1. The summed E-state index contributed by atoms with van der Waals surface area (Å²) < 4.78 is 5.59. The lowest BCUT2D eigenvalue weighted by Crippen LogP contribution is -2.44. The van der Waals surface area contributed by atoms with Crippen molar-refractivity contribution in [2.75, 3.05) is 45.1 Å². The summed E-state index contributed by atoms with van der Waals surface area (Å²) in [7, 11) is 2.08. The first-order valence-electron chi connectivity index (χ1n) is 9.97. The number of amides is 2. The lowest BCUT2D eigenvalue weighted by molar-refractivity contribution is 0.182. The van der Waals surface area contributed by atoms with Crippen LogP contribution in [-0.2, 0) is 0 Å². The number of likely N-dealkylation sites (N-methyl/N-ethyl adjacent to an activating group) is 1. The Balaban J connectivity index is 1.40. The fraction of sp³-hybridized carbons (Fsp3) is 0.550. The van der Waals surface area contributed by atoms with E-state index in [1.165, 1.54) is 0 Å². The molecule has 2 aliphatic rings. The lowest BCUT2D eigenvalue weighted by Gasteiger charge is -2.31. The van der Waals surface area contributed by atoms with E-state index in [1.54, 1.807) is 0 Å². The van der Waals surface area contributed by atoms with Crippen LogP contribution < -0.4 is 10.6 Å². The molecule has 2 unspecified atom stereocenters. The highest BCUT2D eigenvalue weighted by molar-refractivity contribution is 5.89. The van der Waals surface area contributed by atoms with Crippen molar-refractivity contribution in [3.05, 3.63) is 41.5 Å². The van der Waals surface area contributed by atoms with Crippen molar-refractivity contribution in [2.45, 2.75) is 31.7 Å². The van der Waals surface area contributed by atoms with Crippen molar-refractivity contribution in [1.82, 2.24) is 25.3 Å². The third-order valence-corrected chi connectivity index (χ3v) is 5.59. The molecule has 0 aliphatic carbocycles. The summed E-state index contributed by atoms with van der Waals surface area (Å²) in [5.74, 6) is 1.45. The largest absolute Gasteiger partial charge is 0.339 e. The molecule has 2 atom stereocenters. The minimum atomic E-state index is -0.0775. The molecule has 1 aromatic heterocycles. The Kier molecular flexibility index (Phi) is 5.59. The van der Waals surface area contributed by atoms with Crippen molar-refractivity contribution in [3.8, 4) is 0 Å². The summed E-state index contributed by atoms with van der Waals surface area (Å²) in [5.41, 5.74) is 1.94. The minimum absolute atomic E-state index is 0.0775. The number of hydrogen-bond acceptors (Lipinski definition) is 6. The van der Waals surface area contributed by atoms with Gasteiger partial charge in [0.15, 0.2) is 5.82 Å². The zero-order valence-corrected chi connectivity index (χ0v) is 16.5. The smallest absolute Gasteiger partial charge is 0.321 e. The fourth-order valence-corrected chi connectivity index (χ4v) is 3.93. The molecular weight excluding hydrogens is 356 g/mol. The topological polar surface area (TPSA) is 86.5 Å². The molecule has 2 aromatic rings. The van der Waals surface area contributed by atoms with Crippen LogP contribution in [0.3, 0.4) is 0 Å². The van der Waals surface area contributed by atoms with Gasteiger partial charge in [0.25, 0.3) is 0 Å². The lowest BCUT2D eigenvalue weighted by atomic mass is 9.98. The monoisotopic (exact) mass is 384 g/mol. The van der Waals surface area contributed by atoms with Crippen LogP contribution in [0.15, 0.2) is 28.8 Å². The van der Waals surface area contributed by atoms with Crippen molar-refractivity contribution in [2.24, 2.45) is 0 Å². The zero-order valence-electron chi connectivity index (χ0n) is 16.5. The minimum Gasteiger partial charge on any atom is -0.339 e. The van der Waals surface area contributed by atoms with E-state index in [2.05, 4.69) is 32.7 Å². The Morgan fingerprint density at radius 1 is 1.36 bits per heavy atom. The van der Waals surface area contributed by atoms with Crippen LogP contribution in [0.1, 0.15) is 42.1 Å². The van der Waals surface area contributed by atoms with E-state index in [1.807, 2.05) is 36.1 Å². The van der Waals surface area contributed by atoms with Gasteiger partial charge in [0, 0.05) is 38.4 Å². The van der Waals surface area contributed by atoms with Crippen molar-refractivity contribution in [1.29, 1.82) is 0 Å². The van der Waals surface area contributed by atoms with Crippen LogP contribution in [0.5, 0.6) is 0 Å². The summed E-state index contributed by atoms with van der Waals surface area (Å²) >= 11 is 0. The number of likely N-dealkylation sites (tertiary alicyclic amines) is 1. The van der Waals surface area contributed by atoms with Crippen LogP contribution in [0.25, 0.3) is 0 Å². The van der Waals surface area contributed by atoms with E-state index < -0.39 is 0 Å². The molecule has 0 spiro atoms. The highest BCUT2D eigenvalue weighted by Crippen LogP contribution is 2.28. The molecule has 1 aromatic carbocycles. The second-order valence-electron chi connectivity index (χ2n) is 7.78. The molecule has 8 nitrogen and oxygen atoms in total. The van der Waals surface area contributed by atoms with Gasteiger partial charge in [-0.25, -0.2) is 4.79 Å². The van der Waals surface area contributed by atoms with Gasteiger partial charge in [-0.1, -0.05) is 17.3 Å². The second-order valence-corrected chi connectivity index (χ2v) is 7.78. The van der Waals surface area contributed by atoms with Gasteiger partial charge in [-0.15, -0.1) is 0 Å². The predicted molar refractivity (Wildman–Crippen MR) is 106 cm³/mol. The molecule has 0 saturated carbocycles. The molecule has 2 fully saturated rings. The zero-order chi connectivity index (χ0) is 19.5. The number of piperazine rings is 1. The van der Waals surface area contributed by atoms with E-state index in [-0.39, 0.29) is 18.0 Å². The van der Waals surface area contributed by atoms with Crippen LogP contribution in [0, 0.1) is 6.92 Å². The number of aromatic nitrogens is 2. The average Bonchev–Trinajstić information content (AvgIpc) is 3.18. The van der Waals surface area contributed by atoms with Gasteiger partial charge in [-0.3, -0.25) is 4.90 Å². The number of rotatable bonds is 3. The molecule has 2 saturated heterocycles. The third-order valence-electron chi connectivity index (χ3n) is 5.59. The van der Waals surface area contributed by atoms with E-state index >= 15 is 0 Å². The maximum atomic E-state index is 12.7. The van der Waals surface area contributed by atoms with Crippen molar-refractivity contribution >= 4 is 11.7 Å². The number of aryl methyl sites for hydroxylation is 1. The standard InChI is InChI=1S/C20H28N6O2/c1-14-5-3-7-16(11-14)22-20(27)26-9-4-6-15(13-26)19-23-18(24-28-19)17-12-21-8-10-25(17)2/h3,5,7,11,15,17,21H,4,6,8-10,12-13H2,1-2H3,(H,22,27). The van der Waals surface area contributed by atoms with Gasteiger partial charge >= 0.3 is 6.03 Å². The third kappa shape index (κ3) is 4.18. The molecule has 28 heavy (non-hydrogen) atoms. The quantitative estimate of drug-likeness (QED) is 0.845. The predicted octanol–water partition coefficient (Wildman–Crippen LogP) is 2.37. The number of anilines is 1. The van der Waals surface area contributed by atoms with Gasteiger partial charge in [-0.2, -0.15) is 4.98 Å². The fourth-order valence-electron chi connectivity index (χ4n) is 3.93. The van der Waals surface area contributed by atoms with Crippen molar-refractivity contribution in [3.63, 3.8) is 0 Å². The molecular formula is C20H28N6O2. The SMILES string of the molecule is Cc1cccc(NC(=O)N2CCCC(c3nc(C4CNCCN4C)no3)C2)c1. The van der Waals surface area contributed by atoms with Gasteiger partial charge in [0.05, 0.1) is 12.0 Å². The number of urea groups is 1. The van der Waals surface area contributed by atoms with Crippen LogP contribution in [-0.4, -0.2) is 65.7 Å². The maximum Gasteiger partial charge on any atom is 0.321 e. The van der Waals surface area contributed by atoms with Gasteiger partial charge in [-0.05, 0) is 44.5 Å². The molecule has 2 N–H and O–H groups in total. The Labute approximate surface area is 165 Å². The molecule has 0 radical (unpaired) electrons. The maximum absolute atomic E-state index is 12.7. The summed E-state index contributed by atoms with van der Waals surface area (Å²) in [6.45, 7) is 6.11. The average molecular weight is 384 g/mol. The molecule has 4 rings (SSSR count). The molecule has 8 heteroatoms. The van der Waals surface area contributed by atoms with Gasteiger partial charge in [0.2, 0.25) is 5.89 Å². The Bertz CT molecular complexity index is 823. The van der Waals surface area contributed by atoms with Crippen LogP contribution in [0.4, 0.5) is 10.5 Å². The van der Waals surface area contributed by atoms with E-state index in [9.17, 15) is 4.79 Å². The number of nitrogens with one attached hydrogen (secondary N) is 2. The van der Waals surface area contributed by atoms with Gasteiger partial charge < -0.3 is 20.1 Å². The first kappa shape index (κ1) is 18.9. The highest BCUT2D eigenvalue weighted by atomic mass is 16.5.